The number of anilines is 1. The van der Waals surface area contributed by atoms with Crippen molar-refractivity contribution in [2.75, 3.05) is 19.5 Å². The van der Waals surface area contributed by atoms with Crippen LogP contribution in [0.5, 0.6) is 11.5 Å². The summed E-state index contributed by atoms with van der Waals surface area (Å²) in [4.78, 5) is 17.5. The quantitative estimate of drug-likeness (QED) is 0.343. The van der Waals surface area contributed by atoms with Gasteiger partial charge in [-0.15, -0.1) is 0 Å². The highest BCUT2D eigenvalue weighted by Crippen LogP contribution is 2.29. The van der Waals surface area contributed by atoms with Crippen molar-refractivity contribution in [1.82, 2.24) is 10.3 Å². The highest BCUT2D eigenvalue weighted by Gasteiger charge is 2.19. The van der Waals surface area contributed by atoms with Crippen LogP contribution in [-0.4, -0.2) is 30.2 Å². The van der Waals surface area contributed by atoms with Gasteiger partial charge in [0.05, 0.1) is 14.2 Å². The topological polar surface area (TPSA) is 85.6 Å². The number of amides is 1. The first kappa shape index (κ1) is 23.3. The Bertz CT molecular complexity index is 1340. The Labute approximate surface area is 203 Å². The van der Waals surface area contributed by atoms with Gasteiger partial charge >= 0.3 is 0 Å². The normalized spacial score (nSPS) is 10.9. The van der Waals surface area contributed by atoms with Crippen molar-refractivity contribution >= 4 is 40.0 Å². The summed E-state index contributed by atoms with van der Waals surface area (Å²) < 4.78 is 16.5. The molecule has 0 radical (unpaired) electrons. The Morgan fingerprint density at radius 2 is 1.71 bits per heavy atom. The third-order valence-electron chi connectivity index (χ3n) is 5.33. The maximum Gasteiger partial charge on any atom is 0.264 e. The summed E-state index contributed by atoms with van der Waals surface area (Å²) in [6.07, 6.45) is 0. The van der Waals surface area contributed by atoms with E-state index < -0.39 is 5.91 Å². The number of carbonyl (C=O) groups is 1. The van der Waals surface area contributed by atoms with Crippen molar-refractivity contribution in [3.63, 3.8) is 0 Å². The van der Waals surface area contributed by atoms with Crippen LogP contribution in [-0.2, 0) is 0 Å². The van der Waals surface area contributed by atoms with Crippen molar-refractivity contribution in [2.45, 2.75) is 19.8 Å². The van der Waals surface area contributed by atoms with Crippen LogP contribution in [0.3, 0.4) is 0 Å². The molecule has 8 heteroatoms. The number of methoxy groups -OCH3 is 2. The Morgan fingerprint density at radius 1 is 1.00 bits per heavy atom. The number of carbonyl (C=O) groups excluding carboxylic acids is 1. The van der Waals surface area contributed by atoms with Gasteiger partial charge in [-0.25, -0.2) is 4.98 Å². The molecule has 34 heavy (non-hydrogen) atoms. The van der Waals surface area contributed by atoms with E-state index in [0.717, 1.165) is 16.7 Å². The van der Waals surface area contributed by atoms with Crippen LogP contribution in [0.25, 0.3) is 22.6 Å². The Hall–Kier alpha value is -3.91. The zero-order valence-corrected chi connectivity index (χ0v) is 20.2. The first-order valence-corrected chi connectivity index (χ1v) is 11.1. The fraction of sp³-hybridized carbons (Fsp3) is 0.192. The lowest BCUT2D eigenvalue weighted by molar-refractivity contribution is 0.0971. The number of fused-ring (bicyclic) bond motifs is 1. The molecular formula is C26H25N3O4S. The number of oxazole rings is 1. The molecule has 0 aliphatic heterocycles. The van der Waals surface area contributed by atoms with Gasteiger partial charge in [-0.1, -0.05) is 32.0 Å². The van der Waals surface area contributed by atoms with Gasteiger partial charge in [-0.3, -0.25) is 10.1 Å². The number of nitrogens with zero attached hydrogens (tertiary/aromatic N) is 1. The second-order valence-electron chi connectivity index (χ2n) is 7.93. The number of aromatic nitrogens is 1. The second kappa shape index (κ2) is 9.93. The summed E-state index contributed by atoms with van der Waals surface area (Å²) >= 11 is 5.36. The molecule has 2 N–H and O–H groups in total. The fourth-order valence-corrected chi connectivity index (χ4v) is 3.77. The molecule has 4 rings (SSSR count). The minimum absolute atomic E-state index is 0.134. The summed E-state index contributed by atoms with van der Waals surface area (Å²) in [5.74, 6) is 1.25. The molecule has 0 saturated heterocycles. The molecule has 1 heterocycles. The van der Waals surface area contributed by atoms with Gasteiger partial charge < -0.3 is 19.2 Å². The number of hydrogen-bond donors (Lipinski definition) is 2. The van der Waals surface area contributed by atoms with E-state index in [0.29, 0.717) is 29.0 Å². The molecule has 0 aliphatic carbocycles. The highest BCUT2D eigenvalue weighted by molar-refractivity contribution is 7.80. The predicted molar refractivity (Wildman–Crippen MR) is 137 cm³/mol. The number of rotatable bonds is 6. The van der Waals surface area contributed by atoms with Crippen LogP contribution in [0.4, 0.5) is 5.69 Å². The third kappa shape index (κ3) is 4.87. The number of nitrogens with one attached hydrogen (secondary N) is 2. The van der Waals surface area contributed by atoms with Crippen molar-refractivity contribution < 1.29 is 18.7 Å². The second-order valence-corrected chi connectivity index (χ2v) is 8.34. The lowest BCUT2D eigenvalue weighted by Crippen LogP contribution is -2.34. The van der Waals surface area contributed by atoms with Gasteiger partial charge in [0, 0.05) is 11.3 Å². The first-order valence-electron chi connectivity index (χ1n) is 10.7. The number of thiocarbonyl (C=S) groups is 1. The zero-order chi connectivity index (χ0) is 24.2. The van der Waals surface area contributed by atoms with E-state index in [1.54, 1.807) is 18.2 Å². The van der Waals surface area contributed by atoms with E-state index in [4.69, 9.17) is 26.1 Å². The first-order chi connectivity index (χ1) is 16.4. The molecule has 3 aromatic carbocycles. The molecule has 7 nitrogen and oxygen atoms in total. The Morgan fingerprint density at radius 3 is 2.38 bits per heavy atom. The SMILES string of the molecule is COc1cccc(OC)c1C(=O)NC(=S)Nc1cccc(-c2nc3cc(C(C)C)ccc3o2)c1. The van der Waals surface area contributed by atoms with Crippen LogP contribution in [0.15, 0.2) is 65.1 Å². The molecule has 0 spiro atoms. The van der Waals surface area contributed by atoms with Gasteiger partial charge in [0.25, 0.3) is 5.91 Å². The summed E-state index contributed by atoms with van der Waals surface area (Å²) in [7, 11) is 2.98. The van der Waals surface area contributed by atoms with E-state index in [2.05, 4.69) is 35.5 Å². The molecule has 174 valence electrons. The van der Waals surface area contributed by atoms with Gasteiger partial charge in [-0.2, -0.15) is 0 Å². The fourth-order valence-electron chi connectivity index (χ4n) is 3.56. The summed E-state index contributed by atoms with van der Waals surface area (Å²) in [6.45, 7) is 4.28. The summed E-state index contributed by atoms with van der Waals surface area (Å²) in [5, 5.41) is 5.84. The van der Waals surface area contributed by atoms with Gasteiger partial charge in [-0.05, 0) is 66.2 Å². The Kier molecular flexibility index (Phi) is 6.79. The molecule has 0 saturated carbocycles. The zero-order valence-electron chi connectivity index (χ0n) is 19.3. The average Bonchev–Trinajstić information content (AvgIpc) is 3.27. The lowest BCUT2D eigenvalue weighted by Gasteiger charge is -2.14. The van der Waals surface area contributed by atoms with Gasteiger partial charge in [0.1, 0.15) is 22.6 Å². The predicted octanol–water partition coefficient (Wildman–Crippen LogP) is 5.76. The van der Waals surface area contributed by atoms with Crippen molar-refractivity contribution in [3.8, 4) is 23.0 Å². The van der Waals surface area contributed by atoms with Crippen molar-refractivity contribution in [3.05, 3.63) is 71.8 Å². The van der Waals surface area contributed by atoms with Crippen LogP contribution in [0.2, 0.25) is 0 Å². The minimum atomic E-state index is -0.442. The van der Waals surface area contributed by atoms with E-state index in [-0.39, 0.29) is 10.7 Å². The Balaban J connectivity index is 1.51. The smallest absolute Gasteiger partial charge is 0.264 e. The summed E-state index contributed by atoms with van der Waals surface area (Å²) in [5.41, 5.74) is 4.47. The van der Waals surface area contributed by atoms with Crippen LogP contribution in [0, 0.1) is 0 Å². The van der Waals surface area contributed by atoms with Crippen molar-refractivity contribution in [1.29, 1.82) is 0 Å². The van der Waals surface area contributed by atoms with E-state index in [1.807, 2.05) is 36.4 Å². The van der Waals surface area contributed by atoms with Gasteiger partial charge in [0.2, 0.25) is 5.89 Å². The van der Waals surface area contributed by atoms with Crippen LogP contribution < -0.4 is 20.1 Å². The van der Waals surface area contributed by atoms with Crippen LogP contribution >= 0.6 is 12.2 Å². The largest absolute Gasteiger partial charge is 0.496 e. The van der Waals surface area contributed by atoms with Crippen LogP contribution in [0.1, 0.15) is 35.7 Å². The molecular weight excluding hydrogens is 450 g/mol. The third-order valence-corrected chi connectivity index (χ3v) is 5.53. The standard InChI is InChI=1S/C26H25N3O4S/c1-15(2)16-11-12-20-19(14-16)28-25(33-20)17-7-5-8-18(13-17)27-26(34)29-24(30)23-21(31-3)9-6-10-22(23)32-4/h5-15H,1-4H3,(H2,27,29,30,34). The molecule has 1 aromatic heterocycles. The average molecular weight is 476 g/mol. The maximum absolute atomic E-state index is 12.8. The number of ether oxygens (including phenoxy) is 2. The van der Waals surface area contributed by atoms with E-state index in [1.165, 1.54) is 19.8 Å². The lowest BCUT2D eigenvalue weighted by atomic mass is 10.0. The maximum atomic E-state index is 12.8. The number of hydrogen-bond acceptors (Lipinski definition) is 6. The molecule has 0 aliphatic rings. The molecule has 0 bridgehead atoms. The monoisotopic (exact) mass is 475 g/mol. The van der Waals surface area contributed by atoms with Gasteiger partial charge in [0.15, 0.2) is 10.7 Å². The number of benzene rings is 3. The highest BCUT2D eigenvalue weighted by atomic mass is 32.1. The molecule has 0 fully saturated rings. The molecule has 0 atom stereocenters. The molecule has 4 aromatic rings. The van der Waals surface area contributed by atoms with E-state index in [9.17, 15) is 4.79 Å². The molecule has 1 amide bonds. The van der Waals surface area contributed by atoms with E-state index >= 15 is 0 Å². The summed E-state index contributed by atoms with van der Waals surface area (Å²) in [6, 6.07) is 18.6. The van der Waals surface area contributed by atoms with Crippen molar-refractivity contribution in [2.24, 2.45) is 0 Å². The minimum Gasteiger partial charge on any atom is -0.496 e. The molecule has 0 unspecified atom stereocenters.